The zero-order chi connectivity index (χ0) is 13.7. The van der Waals surface area contributed by atoms with Crippen molar-refractivity contribution in [3.63, 3.8) is 0 Å². The molecule has 0 unspecified atom stereocenters. The molecule has 19 heavy (non-hydrogen) atoms. The third kappa shape index (κ3) is 3.74. The number of hydrogen-bond acceptors (Lipinski definition) is 3. The summed E-state index contributed by atoms with van der Waals surface area (Å²) in [5.41, 5.74) is 2.23. The van der Waals surface area contributed by atoms with Gasteiger partial charge >= 0.3 is 0 Å². The quantitative estimate of drug-likeness (QED) is 0.863. The minimum atomic E-state index is 0.386. The van der Waals surface area contributed by atoms with Gasteiger partial charge in [0.1, 0.15) is 5.75 Å². The van der Waals surface area contributed by atoms with E-state index >= 15 is 0 Å². The minimum Gasteiger partial charge on any atom is -0.494 e. The lowest BCUT2D eigenvalue weighted by Gasteiger charge is -2.07. The smallest absolute Gasteiger partial charge is 0.119 e. The van der Waals surface area contributed by atoms with Gasteiger partial charge in [-0.2, -0.15) is 5.10 Å². The number of hydrogen-bond donors (Lipinski definition) is 1. The number of benzene rings is 1. The lowest BCUT2D eigenvalue weighted by Crippen LogP contribution is -2.01. The molecule has 0 aliphatic carbocycles. The van der Waals surface area contributed by atoms with Crippen LogP contribution in [0.5, 0.6) is 5.75 Å². The Morgan fingerprint density at radius 3 is 2.89 bits per heavy atom. The molecule has 1 N–H and O–H groups in total. The highest BCUT2D eigenvalue weighted by Gasteiger charge is 2.02. The van der Waals surface area contributed by atoms with E-state index in [9.17, 15) is 0 Å². The summed E-state index contributed by atoms with van der Waals surface area (Å²) in [6.07, 6.45) is 3.88. The summed E-state index contributed by atoms with van der Waals surface area (Å²) in [6, 6.07) is 8.52. The van der Waals surface area contributed by atoms with E-state index in [-0.39, 0.29) is 0 Å². The highest BCUT2D eigenvalue weighted by molar-refractivity contribution is 5.40. The van der Waals surface area contributed by atoms with Crippen molar-refractivity contribution in [2.24, 2.45) is 0 Å². The van der Waals surface area contributed by atoms with Crippen LogP contribution >= 0.6 is 0 Å². The minimum absolute atomic E-state index is 0.386. The maximum Gasteiger partial charge on any atom is 0.119 e. The first-order chi connectivity index (χ1) is 9.19. The number of nitrogens with one attached hydrogen (secondary N) is 1. The second-order valence-electron chi connectivity index (χ2n) is 4.74. The van der Waals surface area contributed by atoms with Crippen LogP contribution in [-0.2, 0) is 6.54 Å². The molecule has 4 heteroatoms. The molecule has 0 radical (unpaired) electrons. The first kappa shape index (κ1) is 13.5. The zero-order valence-corrected chi connectivity index (χ0v) is 11.8. The molecule has 0 aliphatic heterocycles. The molecular weight excluding hydrogens is 238 g/mol. The van der Waals surface area contributed by atoms with Gasteiger partial charge in [0.2, 0.25) is 0 Å². The van der Waals surface area contributed by atoms with Crippen molar-refractivity contribution in [2.75, 3.05) is 11.9 Å². The lowest BCUT2D eigenvalue weighted by molar-refractivity contribution is 0.340. The lowest BCUT2D eigenvalue weighted by atomic mass is 10.2. The van der Waals surface area contributed by atoms with Crippen LogP contribution in [0, 0.1) is 0 Å². The molecule has 0 fully saturated rings. The highest BCUT2D eigenvalue weighted by Crippen LogP contribution is 2.15. The maximum atomic E-state index is 5.49. The number of anilines is 1. The summed E-state index contributed by atoms with van der Waals surface area (Å²) in [5.74, 6) is 0.916. The number of rotatable bonds is 6. The fraction of sp³-hybridized carbons (Fsp3) is 0.400. The van der Waals surface area contributed by atoms with Crippen LogP contribution in [-0.4, -0.2) is 16.4 Å². The van der Waals surface area contributed by atoms with E-state index in [1.807, 2.05) is 36.1 Å². The Morgan fingerprint density at radius 1 is 1.37 bits per heavy atom. The van der Waals surface area contributed by atoms with Crippen LogP contribution in [0.15, 0.2) is 36.7 Å². The third-order valence-corrected chi connectivity index (χ3v) is 2.84. The van der Waals surface area contributed by atoms with Crippen LogP contribution in [0.1, 0.15) is 32.4 Å². The number of ether oxygens (including phenoxy) is 1. The van der Waals surface area contributed by atoms with Gasteiger partial charge < -0.3 is 10.1 Å². The van der Waals surface area contributed by atoms with E-state index in [2.05, 4.69) is 36.4 Å². The van der Waals surface area contributed by atoms with E-state index in [1.165, 1.54) is 5.56 Å². The van der Waals surface area contributed by atoms with E-state index in [4.69, 9.17) is 4.74 Å². The van der Waals surface area contributed by atoms with Gasteiger partial charge in [-0.3, -0.25) is 4.68 Å². The number of nitrogens with zero attached hydrogens (tertiary/aromatic N) is 2. The van der Waals surface area contributed by atoms with Gasteiger partial charge in [0.05, 0.1) is 18.5 Å². The molecule has 0 saturated heterocycles. The average molecular weight is 259 g/mol. The van der Waals surface area contributed by atoms with Crippen molar-refractivity contribution in [1.29, 1.82) is 0 Å². The Labute approximate surface area is 114 Å². The van der Waals surface area contributed by atoms with Gasteiger partial charge in [0.25, 0.3) is 0 Å². The molecule has 4 nitrogen and oxygen atoms in total. The molecule has 2 rings (SSSR count). The van der Waals surface area contributed by atoms with Crippen LogP contribution in [0.25, 0.3) is 0 Å². The Bertz CT molecular complexity index is 520. The van der Waals surface area contributed by atoms with E-state index in [1.54, 1.807) is 0 Å². The molecule has 0 spiro atoms. The molecule has 1 heterocycles. The fourth-order valence-electron chi connectivity index (χ4n) is 1.83. The molecule has 1 aromatic carbocycles. The summed E-state index contributed by atoms with van der Waals surface area (Å²) in [6.45, 7) is 7.68. The molecule has 0 aliphatic rings. The van der Waals surface area contributed by atoms with E-state index < -0.39 is 0 Å². The van der Waals surface area contributed by atoms with Crippen LogP contribution in [0.3, 0.4) is 0 Å². The van der Waals surface area contributed by atoms with Crippen molar-refractivity contribution in [3.05, 3.63) is 42.2 Å². The molecule has 102 valence electrons. The van der Waals surface area contributed by atoms with Crippen molar-refractivity contribution in [1.82, 2.24) is 9.78 Å². The Hall–Kier alpha value is -1.97. The molecule has 1 aromatic heterocycles. The van der Waals surface area contributed by atoms with Crippen LogP contribution in [0.2, 0.25) is 0 Å². The van der Waals surface area contributed by atoms with Gasteiger partial charge in [-0.25, -0.2) is 0 Å². The topological polar surface area (TPSA) is 39.1 Å². The van der Waals surface area contributed by atoms with Gasteiger partial charge in [0.15, 0.2) is 0 Å². The van der Waals surface area contributed by atoms with Crippen LogP contribution < -0.4 is 10.1 Å². The summed E-state index contributed by atoms with van der Waals surface area (Å²) in [4.78, 5) is 0. The predicted molar refractivity (Wildman–Crippen MR) is 77.5 cm³/mol. The summed E-state index contributed by atoms with van der Waals surface area (Å²) < 4.78 is 7.43. The maximum absolute atomic E-state index is 5.49. The fourth-order valence-corrected chi connectivity index (χ4v) is 1.83. The van der Waals surface area contributed by atoms with Gasteiger partial charge in [-0.05, 0) is 38.5 Å². The first-order valence-electron chi connectivity index (χ1n) is 6.69. The Balaban J connectivity index is 1.95. The normalized spacial score (nSPS) is 10.7. The van der Waals surface area contributed by atoms with Crippen LogP contribution in [0.4, 0.5) is 5.69 Å². The Morgan fingerprint density at radius 2 is 2.21 bits per heavy atom. The molecule has 2 aromatic rings. The predicted octanol–water partition coefficient (Wildman–Crippen LogP) is 3.47. The molecule has 0 saturated carbocycles. The van der Waals surface area contributed by atoms with Crippen molar-refractivity contribution >= 4 is 5.69 Å². The van der Waals surface area contributed by atoms with E-state index in [0.717, 1.165) is 18.0 Å². The average Bonchev–Trinajstić information content (AvgIpc) is 2.86. The number of aromatic nitrogens is 2. The monoisotopic (exact) mass is 259 g/mol. The standard InChI is InChI=1S/C15H21N3O/c1-4-19-15-7-5-6-13(8-15)9-16-14-10-17-18(11-14)12(2)3/h5-8,10-12,16H,4,9H2,1-3H3. The largest absolute Gasteiger partial charge is 0.494 e. The highest BCUT2D eigenvalue weighted by atomic mass is 16.5. The van der Waals surface area contributed by atoms with Crippen molar-refractivity contribution < 1.29 is 4.74 Å². The van der Waals surface area contributed by atoms with Gasteiger partial charge in [-0.1, -0.05) is 12.1 Å². The zero-order valence-electron chi connectivity index (χ0n) is 11.8. The third-order valence-electron chi connectivity index (χ3n) is 2.84. The van der Waals surface area contributed by atoms with E-state index in [0.29, 0.717) is 12.6 Å². The van der Waals surface area contributed by atoms with Crippen molar-refractivity contribution in [2.45, 2.75) is 33.4 Å². The second kappa shape index (κ2) is 6.27. The second-order valence-corrected chi connectivity index (χ2v) is 4.74. The summed E-state index contributed by atoms with van der Waals surface area (Å²) >= 11 is 0. The molecule has 0 amide bonds. The van der Waals surface area contributed by atoms with Crippen molar-refractivity contribution in [3.8, 4) is 5.75 Å². The SMILES string of the molecule is CCOc1cccc(CNc2cnn(C(C)C)c2)c1. The first-order valence-corrected chi connectivity index (χ1v) is 6.69. The molecule has 0 bridgehead atoms. The molecular formula is C15H21N3O. The molecule has 0 atom stereocenters. The Kier molecular flexibility index (Phi) is 4.44. The summed E-state index contributed by atoms with van der Waals surface area (Å²) in [5, 5.41) is 7.67. The summed E-state index contributed by atoms with van der Waals surface area (Å²) in [7, 11) is 0. The van der Waals surface area contributed by atoms with Gasteiger partial charge in [0, 0.05) is 18.8 Å². The van der Waals surface area contributed by atoms with Gasteiger partial charge in [-0.15, -0.1) is 0 Å².